The predicted octanol–water partition coefficient (Wildman–Crippen LogP) is 2.42. The Labute approximate surface area is 122 Å². The number of carbonyl (C=O) groups is 1. The van der Waals surface area contributed by atoms with Gasteiger partial charge < -0.3 is 20.8 Å². The van der Waals surface area contributed by atoms with Gasteiger partial charge in [0.2, 0.25) is 0 Å². The second-order valence-electron chi connectivity index (χ2n) is 6.95. The van der Waals surface area contributed by atoms with Crippen molar-refractivity contribution in [1.82, 2.24) is 4.90 Å². The molecule has 0 spiro atoms. The molecule has 0 atom stereocenters. The Balaban J connectivity index is 0.000000212. The van der Waals surface area contributed by atoms with Crippen molar-refractivity contribution in [3.8, 4) is 0 Å². The topological polar surface area (TPSA) is 86.8 Å². The van der Waals surface area contributed by atoms with Crippen LogP contribution in [0.15, 0.2) is 0 Å². The molecule has 0 unspecified atom stereocenters. The van der Waals surface area contributed by atoms with Crippen molar-refractivity contribution in [1.29, 1.82) is 0 Å². The molecule has 0 aromatic rings. The van der Waals surface area contributed by atoms with Gasteiger partial charge in [0.1, 0.15) is 0 Å². The van der Waals surface area contributed by atoms with Gasteiger partial charge in [-0.3, -0.25) is 0 Å². The van der Waals surface area contributed by atoms with E-state index in [0.29, 0.717) is 0 Å². The van der Waals surface area contributed by atoms with E-state index in [1.165, 1.54) is 25.7 Å². The quantitative estimate of drug-likeness (QED) is 0.689. The Morgan fingerprint density at radius 1 is 1.00 bits per heavy atom. The van der Waals surface area contributed by atoms with Gasteiger partial charge in [-0.2, -0.15) is 0 Å². The molecule has 5 nitrogen and oxygen atoms in total. The van der Waals surface area contributed by atoms with Crippen molar-refractivity contribution in [3.63, 3.8) is 0 Å². The first kappa shape index (κ1) is 17.2. The number of nitrogens with zero attached hydrogens (tertiary/aromatic N) is 1. The minimum atomic E-state index is -1.83. The van der Waals surface area contributed by atoms with Gasteiger partial charge >= 0.3 is 6.16 Å². The lowest BCUT2D eigenvalue weighted by atomic mass is 9.52. The average molecular weight is 286 g/mol. The first-order chi connectivity index (χ1) is 9.33. The molecule has 0 aromatic carbocycles. The summed E-state index contributed by atoms with van der Waals surface area (Å²) < 4.78 is 0. The number of hydrogen-bond donors (Lipinski definition) is 3. The van der Waals surface area contributed by atoms with E-state index < -0.39 is 6.16 Å². The third-order valence-corrected chi connectivity index (χ3v) is 4.69. The Bertz CT molecular complexity index is 273. The lowest BCUT2D eigenvalue weighted by Gasteiger charge is -2.54. The van der Waals surface area contributed by atoms with Crippen LogP contribution in [0.3, 0.4) is 0 Å². The maximum Gasteiger partial charge on any atom is 0.503 e. The fourth-order valence-corrected chi connectivity index (χ4v) is 4.42. The Hall–Kier alpha value is -0.810. The number of rotatable bonds is 1. The Kier molecular flexibility index (Phi) is 6.76. The summed E-state index contributed by atoms with van der Waals surface area (Å²) in [4.78, 5) is 10.6. The molecule has 4 fully saturated rings. The summed E-state index contributed by atoms with van der Waals surface area (Å²) in [5, 5.41) is 13.9. The monoisotopic (exact) mass is 286 g/mol. The van der Waals surface area contributed by atoms with Crippen LogP contribution in [0.5, 0.6) is 0 Å². The number of hydrogen-bond acceptors (Lipinski definition) is 3. The maximum atomic E-state index is 8.56. The standard InChI is InChI=1S/C11H19N.C3H9N.CH2O3/c12-6-11-9-2-7-1-8(4-9)5-10(11)3-7;1-4(2)3;2-1(3)4/h7-11H,1-6,12H2;1-3H3;(H2,2,3,4). The Morgan fingerprint density at radius 3 is 1.55 bits per heavy atom. The summed E-state index contributed by atoms with van der Waals surface area (Å²) in [6.07, 6.45) is 5.82. The predicted molar refractivity (Wildman–Crippen MR) is 79.9 cm³/mol. The van der Waals surface area contributed by atoms with Gasteiger partial charge in [-0.25, -0.2) is 4.79 Å². The van der Waals surface area contributed by atoms with Gasteiger partial charge in [0, 0.05) is 0 Å². The molecule has 5 heteroatoms. The fraction of sp³-hybridized carbons (Fsp3) is 0.933. The molecular weight excluding hydrogens is 256 g/mol. The highest BCUT2D eigenvalue weighted by Crippen LogP contribution is 2.56. The van der Waals surface area contributed by atoms with Gasteiger partial charge in [0.15, 0.2) is 0 Å². The zero-order valence-electron chi connectivity index (χ0n) is 13.0. The largest absolute Gasteiger partial charge is 0.503 e. The molecule has 0 saturated heterocycles. The number of carboxylic acid groups (broad SMARTS) is 2. The normalized spacial score (nSPS) is 36.8. The molecule has 118 valence electrons. The second-order valence-corrected chi connectivity index (χ2v) is 6.95. The summed E-state index contributed by atoms with van der Waals surface area (Å²) in [5.41, 5.74) is 5.85. The molecule has 4 N–H and O–H groups in total. The smallest absolute Gasteiger partial charge is 0.450 e. The van der Waals surface area contributed by atoms with E-state index in [1.807, 2.05) is 26.0 Å². The third-order valence-electron chi connectivity index (χ3n) is 4.69. The van der Waals surface area contributed by atoms with Crippen LogP contribution in [0.2, 0.25) is 0 Å². The highest BCUT2D eigenvalue weighted by molar-refractivity contribution is 5.53. The van der Waals surface area contributed by atoms with E-state index in [4.69, 9.17) is 20.7 Å². The van der Waals surface area contributed by atoms with Gasteiger partial charge in [0.25, 0.3) is 0 Å². The van der Waals surface area contributed by atoms with Crippen LogP contribution < -0.4 is 5.73 Å². The van der Waals surface area contributed by atoms with Crippen molar-refractivity contribution in [3.05, 3.63) is 0 Å². The van der Waals surface area contributed by atoms with Crippen LogP contribution >= 0.6 is 0 Å². The van der Waals surface area contributed by atoms with E-state index in [-0.39, 0.29) is 0 Å². The molecule has 0 radical (unpaired) electrons. The highest BCUT2D eigenvalue weighted by Gasteiger charge is 2.47. The third kappa shape index (κ3) is 5.29. The highest BCUT2D eigenvalue weighted by atomic mass is 16.6. The molecule has 0 aromatic heterocycles. The zero-order valence-corrected chi connectivity index (χ0v) is 13.0. The van der Waals surface area contributed by atoms with E-state index in [0.717, 1.165) is 36.1 Å². The molecule has 4 saturated carbocycles. The van der Waals surface area contributed by atoms with Crippen LogP contribution in [-0.2, 0) is 0 Å². The molecule has 0 aliphatic heterocycles. The minimum absolute atomic E-state index is 0.915. The minimum Gasteiger partial charge on any atom is -0.450 e. The van der Waals surface area contributed by atoms with Gasteiger partial charge in [0.05, 0.1) is 0 Å². The van der Waals surface area contributed by atoms with Crippen LogP contribution in [0, 0.1) is 29.6 Å². The Morgan fingerprint density at radius 2 is 1.30 bits per heavy atom. The van der Waals surface area contributed by atoms with Crippen molar-refractivity contribution >= 4 is 6.16 Å². The zero-order chi connectivity index (χ0) is 15.3. The van der Waals surface area contributed by atoms with Crippen molar-refractivity contribution in [2.45, 2.75) is 32.1 Å². The van der Waals surface area contributed by atoms with Gasteiger partial charge in [-0.15, -0.1) is 0 Å². The van der Waals surface area contributed by atoms with Crippen molar-refractivity contribution < 1.29 is 15.0 Å². The summed E-state index contributed by atoms with van der Waals surface area (Å²) >= 11 is 0. The van der Waals surface area contributed by atoms with Crippen LogP contribution in [0.25, 0.3) is 0 Å². The molecule has 0 heterocycles. The van der Waals surface area contributed by atoms with E-state index >= 15 is 0 Å². The molecular formula is C15H30N2O3. The lowest BCUT2D eigenvalue weighted by molar-refractivity contribution is -0.0322. The first-order valence-electron chi connectivity index (χ1n) is 7.56. The van der Waals surface area contributed by atoms with Crippen LogP contribution in [-0.4, -0.2) is 49.0 Å². The molecule has 20 heavy (non-hydrogen) atoms. The maximum absolute atomic E-state index is 8.56. The van der Waals surface area contributed by atoms with E-state index in [9.17, 15) is 0 Å². The summed E-state index contributed by atoms with van der Waals surface area (Å²) in [6.45, 7) is 0.967. The van der Waals surface area contributed by atoms with Crippen LogP contribution in [0.4, 0.5) is 4.79 Å². The van der Waals surface area contributed by atoms with Gasteiger partial charge in [-0.1, -0.05) is 0 Å². The van der Waals surface area contributed by atoms with E-state index in [1.54, 1.807) is 6.42 Å². The molecule has 0 amide bonds. The van der Waals surface area contributed by atoms with E-state index in [2.05, 4.69) is 0 Å². The summed E-state index contributed by atoms with van der Waals surface area (Å²) in [7, 11) is 6.00. The average Bonchev–Trinajstić information content (AvgIpc) is 2.26. The SMILES string of the molecule is CN(C)C.NCC1C2CC3CC(C2)CC1C3.O=C(O)O. The second kappa shape index (κ2) is 7.84. The fourth-order valence-electron chi connectivity index (χ4n) is 4.42. The molecule has 4 aliphatic carbocycles. The van der Waals surface area contributed by atoms with Crippen molar-refractivity contribution in [2.75, 3.05) is 27.7 Å². The molecule has 4 bridgehead atoms. The number of nitrogens with two attached hydrogens (primary N) is 1. The first-order valence-corrected chi connectivity index (χ1v) is 7.56. The molecule has 4 aliphatic rings. The van der Waals surface area contributed by atoms with Crippen LogP contribution in [0.1, 0.15) is 32.1 Å². The lowest BCUT2D eigenvalue weighted by Crippen LogP contribution is -2.47. The summed E-state index contributed by atoms with van der Waals surface area (Å²) in [6, 6.07) is 0. The molecule has 4 rings (SSSR count). The van der Waals surface area contributed by atoms with Gasteiger partial charge in [-0.05, 0) is 89.4 Å². The summed E-state index contributed by atoms with van der Waals surface area (Å²) in [5.74, 6) is 5.20. The van der Waals surface area contributed by atoms with Crippen molar-refractivity contribution in [2.24, 2.45) is 35.3 Å².